The summed E-state index contributed by atoms with van der Waals surface area (Å²) in [6.45, 7) is 6.55. The molecule has 0 spiro atoms. The van der Waals surface area contributed by atoms with E-state index in [4.69, 9.17) is 0 Å². The van der Waals surface area contributed by atoms with Crippen molar-refractivity contribution in [2.24, 2.45) is 0 Å². The standard InChI is InChI=1S/C14H22N2OS/c1-3-7-15-10-14(17)16-8-5-13-11(6-9-18-13)12(16)4-2/h6,9,12,15H,3-5,7-8,10H2,1-2H3. The molecular weight excluding hydrogens is 244 g/mol. The highest BCUT2D eigenvalue weighted by atomic mass is 32.1. The number of amides is 1. The van der Waals surface area contributed by atoms with Crippen molar-refractivity contribution in [3.63, 3.8) is 0 Å². The van der Waals surface area contributed by atoms with Gasteiger partial charge in [0, 0.05) is 11.4 Å². The van der Waals surface area contributed by atoms with Gasteiger partial charge in [-0.1, -0.05) is 13.8 Å². The van der Waals surface area contributed by atoms with Gasteiger partial charge in [-0.15, -0.1) is 11.3 Å². The van der Waals surface area contributed by atoms with E-state index in [9.17, 15) is 4.79 Å². The highest BCUT2D eigenvalue weighted by molar-refractivity contribution is 7.10. The molecule has 18 heavy (non-hydrogen) atoms. The first-order valence-corrected chi connectivity index (χ1v) is 7.72. The topological polar surface area (TPSA) is 32.3 Å². The summed E-state index contributed by atoms with van der Waals surface area (Å²) in [4.78, 5) is 15.8. The molecule has 2 heterocycles. The van der Waals surface area contributed by atoms with Crippen molar-refractivity contribution in [3.05, 3.63) is 21.9 Å². The minimum absolute atomic E-state index is 0.243. The number of hydrogen-bond donors (Lipinski definition) is 1. The third-order valence-electron chi connectivity index (χ3n) is 3.50. The predicted octanol–water partition coefficient (Wildman–Crippen LogP) is 2.58. The molecule has 2 rings (SSSR count). The molecule has 0 saturated carbocycles. The first kappa shape index (κ1) is 13.6. The van der Waals surface area contributed by atoms with Gasteiger partial charge in [-0.2, -0.15) is 0 Å². The number of thiophene rings is 1. The van der Waals surface area contributed by atoms with Crippen LogP contribution in [0.1, 0.15) is 43.2 Å². The number of nitrogens with one attached hydrogen (secondary N) is 1. The fourth-order valence-corrected chi connectivity index (χ4v) is 3.54. The van der Waals surface area contributed by atoms with Gasteiger partial charge in [0.2, 0.25) is 5.91 Å². The average Bonchev–Trinajstić information content (AvgIpc) is 2.85. The van der Waals surface area contributed by atoms with E-state index in [0.29, 0.717) is 6.54 Å². The van der Waals surface area contributed by atoms with Crippen molar-refractivity contribution in [1.82, 2.24) is 10.2 Å². The van der Waals surface area contributed by atoms with Crippen LogP contribution in [0.2, 0.25) is 0 Å². The van der Waals surface area contributed by atoms with Crippen molar-refractivity contribution in [3.8, 4) is 0 Å². The Bertz CT molecular complexity index is 402. The molecule has 1 atom stereocenters. The maximum Gasteiger partial charge on any atom is 0.237 e. The summed E-state index contributed by atoms with van der Waals surface area (Å²) >= 11 is 1.83. The Morgan fingerprint density at radius 1 is 1.56 bits per heavy atom. The van der Waals surface area contributed by atoms with Crippen molar-refractivity contribution in [2.45, 2.75) is 39.2 Å². The van der Waals surface area contributed by atoms with Gasteiger partial charge in [-0.3, -0.25) is 4.79 Å². The highest BCUT2D eigenvalue weighted by Crippen LogP contribution is 2.34. The van der Waals surface area contributed by atoms with Crippen LogP contribution in [0.25, 0.3) is 0 Å². The fraction of sp³-hybridized carbons (Fsp3) is 0.643. The van der Waals surface area contributed by atoms with Gasteiger partial charge >= 0.3 is 0 Å². The largest absolute Gasteiger partial charge is 0.334 e. The lowest BCUT2D eigenvalue weighted by Crippen LogP contribution is -2.43. The van der Waals surface area contributed by atoms with Crippen LogP contribution in [0, 0.1) is 0 Å². The minimum atomic E-state index is 0.243. The van der Waals surface area contributed by atoms with E-state index in [1.165, 1.54) is 10.4 Å². The molecule has 0 bridgehead atoms. The van der Waals surface area contributed by atoms with Gasteiger partial charge in [-0.05, 0) is 42.8 Å². The van der Waals surface area contributed by atoms with Gasteiger partial charge in [0.05, 0.1) is 12.6 Å². The first-order valence-electron chi connectivity index (χ1n) is 6.84. The normalized spacial score (nSPS) is 18.8. The molecule has 1 aliphatic rings. The molecule has 1 aromatic heterocycles. The average molecular weight is 266 g/mol. The second kappa shape index (κ2) is 6.34. The lowest BCUT2D eigenvalue weighted by Gasteiger charge is -2.35. The summed E-state index contributed by atoms with van der Waals surface area (Å²) in [5.74, 6) is 0.243. The maximum atomic E-state index is 12.2. The van der Waals surface area contributed by atoms with Crippen molar-refractivity contribution in [2.75, 3.05) is 19.6 Å². The molecule has 0 fully saturated rings. The summed E-state index contributed by atoms with van der Waals surface area (Å²) in [6.07, 6.45) is 3.09. The molecule has 4 heteroatoms. The Labute approximate surface area is 113 Å². The zero-order valence-corrected chi connectivity index (χ0v) is 12.1. The van der Waals surface area contributed by atoms with Gasteiger partial charge in [0.1, 0.15) is 0 Å². The number of carbonyl (C=O) groups is 1. The van der Waals surface area contributed by atoms with E-state index in [1.807, 2.05) is 11.3 Å². The molecule has 1 unspecified atom stereocenters. The Kier molecular flexibility index (Phi) is 4.78. The molecule has 0 aromatic carbocycles. The van der Waals surface area contributed by atoms with Crippen LogP contribution in [0.5, 0.6) is 0 Å². The quantitative estimate of drug-likeness (QED) is 0.831. The highest BCUT2D eigenvalue weighted by Gasteiger charge is 2.29. The summed E-state index contributed by atoms with van der Waals surface area (Å²) in [6, 6.07) is 2.48. The maximum absolute atomic E-state index is 12.2. The van der Waals surface area contributed by atoms with Gasteiger partial charge in [-0.25, -0.2) is 0 Å². The van der Waals surface area contributed by atoms with Crippen molar-refractivity contribution < 1.29 is 4.79 Å². The van der Waals surface area contributed by atoms with E-state index >= 15 is 0 Å². The molecule has 0 radical (unpaired) electrons. The number of fused-ring (bicyclic) bond motifs is 1. The molecule has 0 aliphatic carbocycles. The number of hydrogen-bond acceptors (Lipinski definition) is 3. The van der Waals surface area contributed by atoms with Crippen LogP contribution in [0.4, 0.5) is 0 Å². The van der Waals surface area contributed by atoms with E-state index in [2.05, 4.69) is 35.5 Å². The second-order valence-corrected chi connectivity index (χ2v) is 5.74. The molecule has 1 aromatic rings. The van der Waals surface area contributed by atoms with Crippen LogP contribution in [-0.4, -0.2) is 30.4 Å². The zero-order chi connectivity index (χ0) is 13.0. The van der Waals surface area contributed by atoms with Gasteiger partial charge in [0.25, 0.3) is 0 Å². The molecule has 1 aliphatic heterocycles. The zero-order valence-electron chi connectivity index (χ0n) is 11.2. The number of nitrogens with zero attached hydrogens (tertiary/aromatic N) is 1. The Balaban J connectivity index is 2.03. The predicted molar refractivity (Wildman–Crippen MR) is 75.9 cm³/mol. The second-order valence-electron chi connectivity index (χ2n) is 4.74. The SMILES string of the molecule is CCCNCC(=O)N1CCc2sccc2C1CC. The van der Waals surface area contributed by atoms with Crippen LogP contribution in [0.15, 0.2) is 11.4 Å². The lowest BCUT2D eigenvalue weighted by molar-refractivity contribution is -0.133. The van der Waals surface area contributed by atoms with Crippen LogP contribution in [-0.2, 0) is 11.2 Å². The van der Waals surface area contributed by atoms with E-state index in [0.717, 1.165) is 32.4 Å². The van der Waals surface area contributed by atoms with Crippen LogP contribution >= 0.6 is 11.3 Å². The molecule has 1 amide bonds. The summed E-state index contributed by atoms with van der Waals surface area (Å²) < 4.78 is 0. The van der Waals surface area contributed by atoms with Crippen molar-refractivity contribution in [1.29, 1.82) is 0 Å². The third kappa shape index (κ3) is 2.75. The number of rotatable bonds is 5. The Morgan fingerprint density at radius 2 is 2.39 bits per heavy atom. The van der Waals surface area contributed by atoms with Gasteiger partial charge < -0.3 is 10.2 Å². The molecular formula is C14H22N2OS. The van der Waals surface area contributed by atoms with Crippen LogP contribution < -0.4 is 5.32 Å². The Morgan fingerprint density at radius 3 is 3.11 bits per heavy atom. The molecule has 1 N–H and O–H groups in total. The fourth-order valence-electron chi connectivity index (χ4n) is 2.61. The first-order chi connectivity index (χ1) is 8.77. The molecule has 100 valence electrons. The third-order valence-corrected chi connectivity index (χ3v) is 4.50. The van der Waals surface area contributed by atoms with Crippen LogP contribution in [0.3, 0.4) is 0 Å². The number of carbonyl (C=O) groups excluding carboxylic acids is 1. The molecule has 0 saturated heterocycles. The Hall–Kier alpha value is -0.870. The van der Waals surface area contributed by atoms with Crippen molar-refractivity contribution >= 4 is 17.2 Å². The summed E-state index contributed by atoms with van der Waals surface area (Å²) in [7, 11) is 0. The monoisotopic (exact) mass is 266 g/mol. The minimum Gasteiger partial charge on any atom is -0.334 e. The van der Waals surface area contributed by atoms with E-state index in [1.54, 1.807) is 0 Å². The van der Waals surface area contributed by atoms with E-state index < -0.39 is 0 Å². The summed E-state index contributed by atoms with van der Waals surface area (Å²) in [5, 5.41) is 5.36. The molecule has 3 nitrogen and oxygen atoms in total. The van der Waals surface area contributed by atoms with Gasteiger partial charge in [0.15, 0.2) is 0 Å². The lowest BCUT2D eigenvalue weighted by atomic mass is 9.98. The summed E-state index contributed by atoms with van der Waals surface area (Å²) in [5.41, 5.74) is 1.37. The van der Waals surface area contributed by atoms with E-state index in [-0.39, 0.29) is 11.9 Å². The smallest absolute Gasteiger partial charge is 0.237 e.